The van der Waals surface area contributed by atoms with E-state index in [4.69, 9.17) is 0 Å². The lowest BCUT2D eigenvalue weighted by molar-refractivity contribution is -0.121. The van der Waals surface area contributed by atoms with Gasteiger partial charge in [0, 0.05) is 6.04 Å². The third-order valence-electron chi connectivity index (χ3n) is 5.14. The summed E-state index contributed by atoms with van der Waals surface area (Å²) in [6.07, 6.45) is 5.86. The average Bonchev–Trinajstić information content (AvgIpc) is 3.09. The molecule has 2 N–H and O–H groups in total. The van der Waals surface area contributed by atoms with Crippen molar-refractivity contribution in [3.63, 3.8) is 0 Å². The number of fused-ring (bicyclic) bond motifs is 1. The quantitative estimate of drug-likeness (QED) is 0.603. The van der Waals surface area contributed by atoms with E-state index in [1.54, 1.807) is 0 Å². The molecule has 1 atom stereocenters. The van der Waals surface area contributed by atoms with E-state index in [-0.39, 0.29) is 11.2 Å². The Morgan fingerprint density at radius 2 is 1.93 bits per heavy atom. The van der Waals surface area contributed by atoms with Gasteiger partial charge in [0.1, 0.15) is 5.25 Å². The van der Waals surface area contributed by atoms with Crippen LogP contribution in [0.15, 0.2) is 53.7 Å². The SMILES string of the molecule is Cc1ccc2nc(SC(C(=O)NC3CCCCC3)c3ccccc3)[nH]c2c1. The molecule has 0 aliphatic heterocycles. The predicted molar refractivity (Wildman–Crippen MR) is 111 cm³/mol. The number of aromatic nitrogens is 2. The minimum absolute atomic E-state index is 0.0785. The lowest BCUT2D eigenvalue weighted by Crippen LogP contribution is -2.38. The summed E-state index contributed by atoms with van der Waals surface area (Å²) in [6.45, 7) is 2.07. The van der Waals surface area contributed by atoms with E-state index in [9.17, 15) is 4.79 Å². The zero-order valence-electron chi connectivity index (χ0n) is 15.6. The predicted octanol–water partition coefficient (Wildman–Crippen LogP) is 5.15. The largest absolute Gasteiger partial charge is 0.352 e. The summed E-state index contributed by atoms with van der Waals surface area (Å²) in [5.41, 5.74) is 4.14. The van der Waals surface area contributed by atoms with Crippen molar-refractivity contribution in [2.75, 3.05) is 0 Å². The number of H-pyrrole nitrogens is 1. The van der Waals surface area contributed by atoms with E-state index in [1.165, 1.54) is 36.6 Å². The first-order valence-corrected chi connectivity index (χ1v) is 10.6. The molecule has 1 saturated carbocycles. The monoisotopic (exact) mass is 379 g/mol. The summed E-state index contributed by atoms with van der Waals surface area (Å²) in [4.78, 5) is 21.2. The molecule has 1 aliphatic carbocycles. The van der Waals surface area contributed by atoms with Crippen molar-refractivity contribution in [1.29, 1.82) is 0 Å². The Kier molecular flexibility index (Phi) is 5.48. The van der Waals surface area contributed by atoms with Gasteiger partial charge in [0.05, 0.1) is 11.0 Å². The Morgan fingerprint density at radius 1 is 1.15 bits per heavy atom. The number of aromatic amines is 1. The van der Waals surface area contributed by atoms with Crippen molar-refractivity contribution >= 4 is 28.7 Å². The summed E-state index contributed by atoms with van der Waals surface area (Å²) in [5, 5.41) is 3.75. The molecule has 1 aliphatic rings. The molecule has 0 bridgehead atoms. The van der Waals surface area contributed by atoms with Gasteiger partial charge >= 0.3 is 0 Å². The molecule has 4 nitrogen and oxygen atoms in total. The lowest BCUT2D eigenvalue weighted by atomic mass is 9.95. The van der Waals surface area contributed by atoms with Crippen LogP contribution in [0, 0.1) is 6.92 Å². The summed E-state index contributed by atoms with van der Waals surface area (Å²) in [7, 11) is 0. The molecule has 5 heteroatoms. The Bertz CT molecular complexity index is 916. The summed E-state index contributed by atoms with van der Waals surface area (Å²) in [5.74, 6) is 0.0785. The topological polar surface area (TPSA) is 57.8 Å². The molecule has 1 fully saturated rings. The van der Waals surface area contributed by atoms with Crippen LogP contribution in [-0.4, -0.2) is 21.9 Å². The fourth-order valence-corrected chi connectivity index (χ4v) is 4.70. The Morgan fingerprint density at radius 3 is 2.70 bits per heavy atom. The van der Waals surface area contributed by atoms with Gasteiger partial charge in [-0.3, -0.25) is 4.79 Å². The molecule has 140 valence electrons. The highest BCUT2D eigenvalue weighted by Gasteiger charge is 2.26. The molecule has 1 unspecified atom stereocenters. The standard InChI is InChI=1S/C22H25N3OS/c1-15-12-13-18-19(14-15)25-22(24-18)27-20(16-8-4-2-5-9-16)21(26)23-17-10-6-3-7-11-17/h2,4-5,8-9,12-14,17,20H,3,6-7,10-11H2,1H3,(H,23,26)(H,24,25). The van der Waals surface area contributed by atoms with Crippen LogP contribution in [0.25, 0.3) is 11.0 Å². The Labute approximate surface area is 164 Å². The van der Waals surface area contributed by atoms with Gasteiger partial charge in [-0.1, -0.05) is 67.4 Å². The van der Waals surface area contributed by atoms with Crippen LogP contribution in [0.5, 0.6) is 0 Å². The Balaban J connectivity index is 1.57. The molecular weight excluding hydrogens is 354 g/mol. The number of nitrogens with one attached hydrogen (secondary N) is 2. The number of carbonyl (C=O) groups is 1. The van der Waals surface area contributed by atoms with Crippen LogP contribution in [0.1, 0.15) is 48.5 Å². The first kappa shape index (κ1) is 18.1. The average molecular weight is 380 g/mol. The normalized spacial score (nSPS) is 16.3. The minimum atomic E-state index is -0.310. The van der Waals surface area contributed by atoms with Crippen LogP contribution in [0.2, 0.25) is 0 Å². The van der Waals surface area contributed by atoms with Gasteiger partial charge in [0.25, 0.3) is 0 Å². The molecule has 2 aromatic carbocycles. The third-order valence-corrected chi connectivity index (χ3v) is 6.28. The van der Waals surface area contributed by atoms with E-state index >= 15 is 0 Å². The van der Waals surface area contributed by atoms with Gasteiger partial charge < -0.3 is 10.3 Å². The van der Waals surface area contributed by atoms with Crippen LogP contribution in [0.3, 0.4) is 0 Å². The van der Waals surface area contributed by atoms with Gasteiger partial charge in [-0.05, 0) is 43.0 Å². The zero-order chi connectivity index (χ0) is 18.6. The Hall–Kier alpha value is -2.27. The number of carbonyl (C=O) groups excluding carboxylic acids is 1. The van der Waals surface area contributed by atoms with Crippen LogP contribution >= 0.6 is 11.8 Å². The number of aryl methyl sites for hydroxylation is 1. The maximum atomic E-state index is 13.1. The van der Waals surface area contributed by atoms with Gasteiger partial charge in [0.15, 0.2) is 5.16 Å². The van der Waals surface area contributed by atoms with Gasteiger partial charge in [0.2, 0.25) is 5.91 Å². The first-order valence-electron chi connectivity index (χ1n) is 9.67. The maximum Gasteiger partial charge on any atom is 0.238 e. The molecule has 4 rings (SSSR count). The first-order chi connectivity index (χ1) is 13.2. The molecule has 3 aromatic rings. The smallest absolute Gasteiger partial charge is 0.238 e. The fourth-order valence-electron chi connectivity index (χ4n) is 3.69. The summed E-state index contributed by atoms with van der Waals surface area (Å²) >= 11 is 1.49. The highest BCUT2D eigenvalue weighted by molar-refractivity contribution is 8.00. The van der Waals surface area contributed by atoms with E-state index in [0.717, 1.165) is 34.6 Å². The fraction of sp³-hybridized carbons (Fsp3) is 0.364. The van der Waals surface area contributed by atoms with Gasteiger partial charge in [-0.25, -0.2) is 4.98 Å². The van der Waals surface area contributed by atoms with Gasteiger partial charge in [-0.2, -0.15) is 0 Å². The number of hydrogen-bond donors (Lipinski definition) is 2. The van der Waals surface area contributed by atoms with Crippen molar-refractivity contribution in [3.05, 3.63) is 59.7 Å². The van der Waals surface area contributed by atoms with Crippen molar-refractivity contribution in [3.8, 4) is 0 Å². The molecule has 1 aromatic heterocycles. The number of benzene rings is 2. The number of imidazole rings is 1. The molecular formula is C22H25N3OS. The molecule has 1 amide bonds. The molecule has 0 spiro atoms. The van der Waals surface area contributed by atoms with Crippen LogP contribution in [-0.2, 0) is 4.79 Å². The van der Waals surface area contributed by atoms with E-state index < -0.39 is 0 Å². The highest BCUT2D eigenvalue weighted by Crippen LogP contribution is 2.35. The number of amides is 1. The molecule has 27 heavy (non-hydrogen) atoms. The second-order valence-electron chi connectivity index (χ2n) is 7.31. The van der Waals surface area contributed by atoms with Crippen molar-refractivity contribution in [2.24, 2.45) is 0 Å². The van der Waals surface area contributed by atoms with Gasteiger partial charge in [-0.15, -0.1) is 0 Å². The van der Waals surface area contributed by atoms with Crippen molar-refractivity contribution in [1.82, 2.24) is 15.3 Å². The van der Waals surface area contributed by atoms with E-state index in [2.05, 4.69) is 34.3 Å². The number of hydrogen-bond acceptors (Lipinski definition) is 3. The highest BCUT2D eigenvalue weighted by atomic mass is 32.2. The van der Waals surface area contributed by atoms with E-state index in [0.29, 0.717) is 6.04 Å². The van der Waals surface area contributed by atoms with Crippen molar-refractivity contribution < 1.29 is 4.79 Å². The van der Waals surface area contributed by atoms with Crippen LogP contribution in [0.4, 0.5) is 0 Å². The molecule has 0 radical (unpaired) electrons. The van der Waals surface area contributed by atoms with Crippen molar-refractivity contribution in [2.45, 2.75) is 55.5 Å². The lowest BCUT2D eigenvalue weighted by Gasteiger charge is -2.25. The maximum absolute atomic E-state index is 13.1. The number of nitrogens with zero attached hydrogens (tertiary/aromatic N) is 1. The summed E-state index contributed by atoms with van der Waals surface area (Å²) < 4.78 is 0. The molecule has 0 saturated heterocycles. The third kappa shape index (κ3) is 4.35. The number of rotatable bonds is 5. The second-order valence-corrected chi connectivity index (χ2v) is 8.41. The summed E-state index contributed by atoms with van der Waals surface area (Å²) in [6, 6.07) is 16.5. The van der Waals surface area contributed by atoms with E-state index in [1.807, 2.05) is 36.4 Å². The minimum Gasteiger partial charge on any atom is -0.352 e. The zero-order valence-corrected chi connectivity index (χ0v) is 16.4. The van der Waals surface area contributed by atoms with Crippen LogP contribution < -0.4 is 5.32 Å². The number of thioether (sulfide) groups is 1. The second kappa shape index (κ2) is 8.17. The molecule has 1 heterocycles.